The van der Waals surface area contributed by atoms with Crippen molar-refractivity contribution in [2.75, 3.05) is 14.2 Å². The predicted octanol–water partition coefficient (Wildman–Crippen LogP) is 4.90. The third-order valence-corrected chi connectivity index (χ3v) is 5.50. The number of furan rings is 1. The van der Waals surface area contributed by atoms with E-state index in [0.29, 0.717) is 23.9 Å². The van der Waals surface area contributed by atoms with E-state index >= 15 is 0 Å². The Labute approximate surface area is 173 Å². The van der Waals surface area contributed by atoms with Crippen LogP contribution in [0, 0.1) is 0 Å². The Morgan fingerprint density at radius 3 is 2.55 bits per heavy atom. The molecule has 0 saturated heterocycles. The molecule has 0 saturated carbocycles. The van der Waals surface area contributed by atoms with E-state index < -0.39 is 0 Å². The summed E-state index contributed by atoms with van der Waals surface area (Å²) in [6.45, 7) is 0.654. The lowest BCUT2D eigenvalue weighted by Gasteiger charge is -2.12. The Morgan fingerprint density at radius 1 is 0.966 bits per heavy atom. The van der Waals surface area contributed by atoms with Crippen molar-refractivity contribution < 1.29 is 13.9 Å². The van der Waals surface area contributed by atoms with Gasteiger partial charge in [0, 0.05) is 11.3 Å². The second-order valence-corrected chi connectivity index (χ2v) is 7.26. The maximum atomic E-state index is 5.57. The van der Waals surface area contributed by atoms with Gasteiger partial charge in [-0.3, -0.25) is 4.57 Å². The standard InChI is InChI=1S/C22H21N3O3S/c1-26-18-10-11-19(27-2)17(13-18)15-29-22-24-23-21(20-9-6-12-28-20)25(22)14-16-7-4-3-5-8-16/h3-13H,14-15H2,1-2H3. The van der Waals surface area contributed by atoms with Crippen LogP contribution in [0.15, 0.2) is 76.5 Å². The van der Waals surface area contributed by atoms with Gasteiger partial charge in [-0.2, -0.15) is 0 Å². The molecule has 0 aliphatic heterocycles. The van der Waals surface area contributed by atoms with E-state index in [2.05, 4.69) is 26.9 Å². The maximum absolute atomic E-state index is 5.57. The minimum absolute atomic E-state index is 0.654. The van der Waals surface area contributed by atoms with E-state index in [-0.39, 0.29) is 0 Å². The third-order valence-electron chi connectivity index (χ3n) is 4.49. The summed E-state index contributed by atoms with van der Waals surface area (Å²) in [6.07, 6.45) is 1.64. The number of benzene rings is 2. The maximum Gasteiger partial charge on any atom is 0.200 e. The van der Waals surface area contributed by atoms with Gasteiger partial charge >= 0.3 is 0 Å². The second-order valence-electron chi connectivity index (χ2n) is 6.32. The van der Waals surface area contributed by atoms with Gasteiger partial charge in [-0.1, -0.05) is 42.1 Å². The molecule has 0 amide bonds. The minimum atomic E-state index is 0.654. The summed E-state index contributed by atoms with van der Waals surface area (Å²) in [7, 11) is 3.33. The average Bonchev–Trinajstić information content (AvgIpc) is 3.43. The van der Waals surface area contributed by atoms with Gasteiger partial charge in [-0.15, -0.1) is 10.2 Å². The topological polar surface area (TPSA) is 62.3 Å². The van der Waals surface area contributed by atoms with Crippen molar-refractivity contribution in [1.82, 2.24) is 14.8 Å². The number of rotatable bonds is 8. The molecule has 0 bridgehead atoms. The van der Waals surface area contributed by atoms with Gasteiger partial charge in [0.1, 0.15) is 11.5 Å². The zero-order valence-electron chi connectivity index (χ0n) is 16.2. The lowest BCUT2D eigenvalue weighted by atomic mass is 10.2. The normalized spacial score (nSPS) is 10.8. The van der Waals surface area contributed by atoms with Crippen LogP contribution in [0.2, 0.25) is 0 Å². The van der Waals surface area contributed by atoms with Crippen LogP contribution in [0.4, 0.5) is 0 Å². The van der Waals surface area contributed by atoms with E-state index in [1.165, 1.54) is 5.56 Å². The number of ether oxygens (including phenoxy) is 2. The van der Waals surface area contributed by atoms with Gasteiger partial charge in [-0.05, 0) is 35.9 Å². The first-order valence-corrected chi connectivity index (χ1v) is 10.1. The summed E-state index contributed by atoms with van der Waals surface area (Å²) in [5.41, 5.74) is 2.20. The Balaban J connectivity index is 1.64. The summed E-state index contributed by atoms with van der Waals surface area (Å²) < 4.78 is 18.5. The van der Waals surface area contributed by atoms with E-state index in [4.69, 9.17) is 13.9 Å². The zero-order chi connectivity index (χ0) is 20.1. The number of thioether (sulfide) groups is 1. The van der Waals surface area contributed by atoms with Gasteiger partial charge in [0.2, 0.25) is 5.82 Å². The third kappa shape index (κ3) is 4.30. The first-order valence-electron chi connectivity index (χ1n) is 9.13. The van der Waals surface area contributed by atoms with E-state index in [9.17, 15) is 0 Å². The Hall–Kier alpha value is -3.19. The van der Waals surface area contributed by atoms with Crippen LogP contribution in [0.25, 0.3) is 11.6 Å². The van der Waals surface area contributed by atoms with Crippen LogP contribution in [-0.2, 0) is 12.3 Å². The lowest BCUT2D eigenvalue weighted by Crippen LogP contribution is -2.04. The molecule has 7 heteroatoms. The monoisotopic (exact) mass is 407 g/mol. The highest BCUT2D eigenvalue weighted by Gasteiger charge is 2.17. The highest BCUT2D eigenvalue weighted by Crippen LogP contribution is 2.32. The Morgan fingerprint density at radius 2 is 1.83 bits per heavy atom. The number of hydrogen-bond donors (Lipinski definition) is 0. The molecule has 4 aromatic rings. The molecule has 4 rings (SSSR count). The molecule has 0 atom stereocenters. The molecular weight excluding hydrogens is 386 g/mol. The first-order chi connectivity index (χ1) is 14.3. The molecule has 0 spiro atoms. The SMILES string of the molecule is COc1ccc(OC)c(CSc2nnc(-c3ccco3)n2Cc2ccccc2)c1. The van der Waals surface area contributed by atoms with Crippen molar-refractivity contribution in [2.24, 2.45) is 0 Å². The lowest BCUT2D eigenvalue weighted by molar-refractivity contribution is 0.400. The van der Waals surface area contributed by atoms with Crippen molar-refractivity contribution in [3.8, 4) is 23.1 Å². The van der Waals surface area contributed by atoms with Crippen LogP contribution >= 0.6 is 11.8 Å². The highest BCUT2D eigenvalue weighted by atomic mass is 32.2. The van der Waals surface area contributed by atoms with Gasteiger partial charge < -0.3 is 13.9 Å². The first kappa shape index (κ1) is 19.1. The molecule has 2 aromatic carbocycles. The van der Waals surface area contributed by atoms with Crippen LogP contribution in [0.1, 0.15) is 11.1 Å². The molecular formula is C22H21N3O3S. The quantitative estimate of drug-likeness (QED) is 0.387. The predicted molar refractivity (Wildman–Crippen MR) is 112 cm³/mol. The highest BCUT2D eigenvalue weighted by molar-refractivity contribution is 7.98. The summed E-state index contributed by atoms with van der Waals surface area (Å²) in [5, 5.41) is 9.62. The van der Waals surface area contributed by atoms with Crippen LogP contribution in [-0.4, -0.2) is 29.0 Å². The largest absolute Gasteiger partial charge is 0.497 e. The molecule has 2 aromatic heterocycles. The minimum Gasteiger partial charge on any atom is -0.497 e. The van der Waals surface area contributed by atoms with Crippen molar-refractivity contribution in [3.63, 3.8) is 0 Å². The van der Waals surface area contributed by atoms with E-state index in [1.54, 1.807) is 32.2 Å². The molecule has 2 heterocycles. The molecule has 29 heavy (non-hydrogen) atoms. The fourth-order valence-corrected chi connectivity index (χ4v) is 3.94. The average molecular weight is 407 g/mol. The molecule has 0 aliphatic carbocycles. The van der Waals surface area contributed by atoms with Crippen LogP contribution < -0.4 is 9.47 Å². The van der Waals surface area contributed by atoms with E-state index in [0.717, 1.165) is 22.2 Å². The number of aromatic nitrogens is 3. The summed E-state index contributed by atoms with van der Waals surface area (Å²) in [4.78, 5) is 0. The summed E-state index contributed by atoms with van der Waals surface area (Å²) in [6, 6.07) is 19.8. The Kier molecular flexibility index (Phi) is 5.86. The summed E-state index contributed by atoms with van der Waals surface area (Å²) >= 11 is 1.60. The molecule has 148 valence electrons. The number of hydrogen-bond acceptors (Lipinski definition) is 6. The molecule has 0 fully saturated rings. The smallest absolute Gasteiger partial charge is 0.200 e. The number of nitrogens with zero attached hydrogens (tertiary/aromatic N) is 3. The summed E-state index contributed by atoms with van der Waals surface area (Å²) in [5.74, 6) is 3.69. The van der Waals surface area contributed by atoms with Gasteiger partial charge in [0.25, 0.3) is 0 Å². The second kappa shape index (κ2) is 8.87. The fraction of sp³-hybridized carbons (Fsp3) is 0.182. The van der Waals surface area contributed by atoms with Gasteiger partial charge in [0.05, 0.1) is 27.0 Å². The van der Waals surface area contributed by atoms with Gasteiger partial charge in [-0.25, -0.2) is 0 Å². The Bertz CT molecular complexity index is 1060. The number of methoxy groups -OCH3 is 2. The zero-order valence-corrected chi connectivity index (χ0v) is 17.1. The van der Waals surface area contributed by atoms with Crippen LogP contribution in [0.3, 0.4) is 0 Å². The van der Waals surface area contributed by atoms with E-state index in [1.807, 2.05) is 48.5 Å². The fourth-order valence-electron chi connectivity index (χ4n) is 3.03. The molecule has 0 aliphatic rings. The molecule has 0 radical (unpaired) electrons. The van der Waals surface area contributed by atoms with Gasteiger partial charge in [0.15, 0.2) is 10.9 Å². The van der Waals surface area contributed by atoms with Crippen molar-refractivity contribution in [3.05, 3.63) is 78.1 Å². The van der Waals surface area contributed by atoms with Crippen molar-refractivity contribution in [2.45, 2.75) is 17.5 Å². The molecule has 0 unspecified atom stereocenters. The molecule has 6 nitrogen and oxygen atoms in total. The van der Waals surface area contributed by atoms with Crippen molar-refractivity contribution in [1.29, 1.82) is 0 Å². The molecule has 0 N–H and O–H groups in total. The van der Waals surface area contributed by atoms with Crippen molar-refractivity contribution >= 4 is 11.8 Å². The van der Waals surface area contributed by atoms with Crippen LogP contribution in [0.5, 0.6) is 11.5 Å².